The van der Waals surface area contributed by atoms with E-state index in [4.69, 9.17) is 5.26 Å². The van der Waals surface area contributed by atoms with Crippen LogP contribution in [-0.4, -0.2) is 18.1 Å². The van der Waals surface area contributed by atoms with Crippen molar-refractivity contribution >= 4 is 21.9 Å². The van der Waals surface area contributed by atoms with Crippen molar-refractivity contribution in [3.63, 3.8) is 0 Å². The summed E-state index contributed by atoms with van der Waals surface area (Å²) >= 11 is 2.87. The summed E-state index contributed by atoms with van der Waals surface area (Å²) in [6.07, 6.45) is -1.99. The first-order valence-corrected chi connectivity index (χ1v) is 4.77. The van der Waals surface area contributed by atoms with Gasteiger partial charge in [-0.3, -0.25) is 0 Å². The van der Waals surface area contributed by atoms with Gasteiger partial charge < -0.3 is 4.74 Å². The molecule has 0 fully saturated rings. The van der Waals surface area contributed by atoms with Gasteiger partial charge in [0.1, 0.15) is 16.2 Å². The molecule has 1 aromatic rings. The molecule has 0 aliphatic heterocycles. The number of carbonyl (C=O) groups excluding carboxylic acids is 1. The van der Waals surface area contributed by atoms with Crippen LogP contribution in [0.3, 0.4) is 0 Å². The lowest BCUT2D eigenvalue weighted by Crippen LogP contribution is -2.10. The molecule has 84 valence electrons. The van der Waals surface area contributed by atoms with Crippen LogP contribution in [0.2, 0.25) is 0 Å². The van der Waals surface area contributed by atoms with E-state index in [0.717, 1.165) is 13.3 Å². The van der Waals surface area contributed by atoms with E-state index in [1.807, 2.05) is 0 Å². The Labute approximate surface area is 98.0 Å². The molecule has 0 amide bonds. The molecule has 0 spiro atoms. The number of esters is 1. The Hall–Kier alpha value is -1.55. The van der Waals surface area contributed by atoms with Crippen molar-refractivity contribution in [2.75, 3.05) is 7.11 Å². The molecular weight excluding hydrogens is 286 g/mol. The number of rotatable bonds is 2. The number of pyridine rings is 1. The van der Waals surface area contributed by atoms with Crippen LogP contribution in [0.5, 0.6) is 0 Å². The van der Waals surface area contributed by atoms with E-state index in [2.05, 4.69) is 25.7 Å². The third-order valence-corrected chi connectivity index (χ3v) is 2.40. The second-order valence-electron chi connectivity index (χ2n) is 2.66. The third kappa shape index (κ3) is 2.17. The molecule has 0 atom stereocenters. The van der Waals surface area contributed by atoms with Gasteiger partial charge in [-0.2, -0.15) is 5.26 Å². The Morgan fingerprint density at radius 3 is 2.75 bits per heavy atom. The second kappa shape index (κ2) is 4.99. The molecule has 0 saturated heterocycles. The first-order chi connectivity index (χ1) is 7.52. The van der Waals surface area contributed by atoms with Gasteiger partial charge in [0.05, 0.1) is 18.2 Å². The van der Waals surface area contributed by atoms with Crippen LogP contribution in [0.1, 0.15) is 27.9 Å². The van der Waals surface area contributed by atoms with Gasteiger partial charge in [-0.25, -0.2) is 18.6 Å². The summed E-state index contributed by atoms with van der Waals surface area (Å²) in [7, 11) is 1.06. The van der Waals surface area contributed by atoms with Crippen LogP contribution in [0, 0.1) is 11.3 Å². The van der Waals surface area contributed by atoms with Gasteiger partial charge >= 0.3 is 5.97 Å². The highest BCUT2D eigenvalue weighted by molar-refractivity contribution is 9.10. The van der Waals surface area contributed by atoms with Crippen LogP contribution >= 0.6 is 15.9 Å². The topological polar surface area (TPSA) is 63.0 Å². The number of nitrogens with zero attached hydrogens (tertiary/aromatic N) is 2. The van der Waals surface area contributed by atoms with E-state index in [0.29, 0.717) is 0 Å². The van der Waals surface area contributed by atoms with Gasteiger partial charge in [0.15, 0.2) is 0 Å². The Balaban J connectivity index is 3.56. The minimum atomic E-state index is -2.96. The maximum Gasteiger partial charge on any atom is 0.341 e. The Morgan fingerprint density at radius 2 is 2.31 bits per heavy atom. The Morgan fingerprint density at radius 1 is 1.69 bits per heavy atom. The highest BCUT2D eigenvalue weighted by Gasteiger charge is 2.26. The van der Waals surface area contributed by atoms with Gasteiger partial charge in [0.2, 0.25) is 0 Å². The average molecular weight is 291 g/mol. The summed E-state index contributed by atoms with van der Waals surface area (Å²) in [6, 6.07) is 1.55. The summed E-state index contributed by atoms with van der Waals surface area (Å²) in [5.74, 6) is -0.966. The molecule has 0 aliphatic rings. The van der Waals surface area contributed by atoms with Crippen LogP contribution < -0.4 is 0 Å². The molecule has 0 unspecified atom stereocenters. The van der Waals surface area contributed by atoms with Crippen molar-refractivity contribution in [2.45, 2.75) is 6.43 Å². The van der Waals surface area contributed by atoms with Crippen LogP contribution in [0.4, 0.5) is 8.78 Å². The summed E-state index contributed by atoms with van der Waals surface area (Å²) in [6.45, 7) is 0. The molecule has 16 heavy (non-hydrogen) atoms. The van der Waals surface area contributed by atoms with Crippen molar-refractivity contribution in [1.29, 1.82) is 5.26 Å². The van der Waals surface area contributed by atoms with E-state index < -0.39 is 23.5 Å². The van der Waals surface area contributed by atoms with Crippen molar-refractivity contribution in [3.05, 3.63) is 27.5 Å². The summed E-state index contributed by atoms with van der Waals surface area (Å²) in [4.78, 5) is 14.9. The van der Waals surface area contributed by atoms with Gasteiger partial charge in [0, 0.05) is 6.20 Å². The lowest BCUT2D eigenvalue weighted by atomic mass is 10.1. The first kappa shape index (κ1) is 12.5. The zero-order valence-corrected chi connectivity index (χ0v) is 9.59. The molecule has 0 aromatic carbocycles. The maximum absolute atomic E-state index is 12.7. The van der Waals surface area contributed by atoms with E-state index >= 15 is 0 Å². The van der Waals surface area contributed by atoms with Crippen molar-refractivity contribution in [1.82, 2.24) is 4.98 Å². The zero-order valence-electron chi connectivity index (χ0n) is 8.00. The van der Waals surface area contributed by atoms with Crippen LogP contribution in [-0.2, 0) is 4.74 Å². The fraction of sp³-hybridized carbons (Fsp3) is 0.222. The highest BCUT2D eigenvalue weighted by atomic mass is 79.9. The fourth-order valence-electron chi connectivity index (χ4n) is 1.11. The summed E-state index contributed by atoms with van der Waals surface area (Å²) in [5.41, 5.74) is -1.44. The Kier molecular flexibility index (Phi) is 3.90. The monoisotopic (exact) mass is 290 g/mol. The number of halogens is 3. The van der Waals surface area contributed by atoms with Crippen LogP contribution in [0.15, 0.2) is 10.8 Å². The quantitative estimate of drug-likeness (QED) is 0.620. The number of hydrogen-bond donors (Lipinski definition) is 0. The molecular formula is C9H5BrF2N2O2. The average Bonchev–Trinajstić information content (AvgIpc) is 2.27. The lowest BCUT2D eigenvalue weighted by Gasteiger charge is -2.09. The number of hydrogen-bond acceptors (Lipinski definition) is 4. The smallest absolute Gasteiger partial charge is 0.341 e. The summed E-state index contributed by atoms with van der Waals surface area (Å²) < 4.78 is 29.8. The van der Waals surface area contributed by atoms with Crippen LogP contribution in [0.25, 0.3) is 0 Å². The fourth-order valence-corrected chi connectivity index (χ4v) is 1.59. The molecule has 1 aromatic heterocycles. The van der Waals surface area contributed by atoms with Crippen molar-refractivity contribution < 1.29 is 18.3 Å². The van der Waals surface area contributed by atoms with E-state index in [1.54, 1.807) is 6.07 Å². The Bertz CT molecular complexity index is 471. The standard InChI is InChI=1S/C9H5BrF2N2O2/c1-16-9(15)6-5(8(11)12)4(2-13)3-14-7(6)10/h3,8H,1H3. The molecule has 7 heteroatoms. The summed E-state index contributed by atoms with van der Waals surface area (Å²) in [5, 5.41) is 8.65. The number of aromatic nitrogens is 1. The molecule has 4 nitrogen and oxygen atoms in total. The SMILES string of the molecule is COC(=O)c1c(Br)ncc(C#N)c1C(F)F. The van der Waals surface area contributed by atoms with Crippen molar-refractivity contribution in [3.8, 4) is 6.07 Å². The molecule has 0 radical (unpaired) electrons. The lowest BCUT2D eigenvalue weighted by molar-refractivity contribution is 0.0587. The van der Waals surface area contributed by atoms with Gasteiger partial charge in [-0.05, 0) is 15.9 Å². The molecule has 0 aliphatic carbocycles. The molecule has 1 heterocycles. The number of alkyl halides is 2. The molecule has 0 N–H and O–H groups in total. The minimum Gasteiger partial charge on any atom is -0.465 e. The molecule has 1 rings (SSSR count). The molecule has 0 saturated carbocycles. The third-order valence-electron chi connectivity index (χ3n) is 1.80. The number of carbonyl (C=O) groups is 1. The first-order valence-electron chi connectivity index (χ1n) is 3.97. The normalized spacial score (nSPS) is 10.0. The largest absolute Gasteiger partial charge is 0.465 e. The number of ether oxygens (including phenoxy) is 1. The van der Waals surface area contributed by atoms with Gasteiger partial charge in [-0.1, -0.05) is 0 Å². The van der Waals surface area contributed by atoms with Crippen molar-refractivity contribution in [2.24, 2.45) is 0 Å². The highest BCUT2D eigenvalue weighted by Crippen LogP contribution is 2.30. The maximum atomic E-state index is 12.7. The van der Waals surface area contributed by atoms with E-state index in [-0.39, 0.29) is 10.2 Å². The molecule has 0 bridgehead atoms. The van der Waals surface area contributed by atoms with Gasteiger partial charge in [-0.15, -0.1) is 0 Å². The predicted octanol–water partition coefficient (Wildman–Crippen LogP) is 2.44. The van der Waals surface area contributed by atoms with Gasteiger partial charge in [0.25, 0.3) is 6.43 Å². The second-order valence-corrected chi connectivity index (χ2v) is 3.41. The predicted molar refractivity (Wildman–Crippen MR) is 52.9 cm³/mol. The van der Waals surface area contributed by atoms with E-state index in [1.165, 1.54) is 0 Å². The minimum absolute atomic E-state index is 0.0753. The number of methoxy groups -OCH3 is 1. The number of nitriles is 1. The zero-order chi connectivity index (χ0) is 12.3. The van der Waals surface area contributed by atoms with E-state index in [9.17, 15) is 13.6 Å².